The largest absolute Gasteiger partial charge is 0.323 e. The van der Waals surface area contributed by atoms with Crippen LogP contribution >= 0.6 is 0 Å². The fourth-order valence-corrected chi connectivity index (χ4v) is 3.57. The van der Waals surface area contributed by atoms with E-state index < -0.39 is 0 Å². The van der Waals surface area contributed by atoms with Crippen LogP contribution in [0.2, 0.25) is 0 Å². The van der Waals surface area contributed by atoms with Gasteiger partial charge >= 0.3 is 0 Å². The molecule has 1 unspecified atom stereocenters. The van der Waals surface area contributed by atoms with E-state index in [1.165, 1.54) is 25.0 Å². The Morgan fingerprint density at radius 1 is 1.10 bits per heavy atom. The van der Waals surface area contributed by atoms with Crippen LogP contribution in [-0.2, 0) is 0 Å². The summed E-state index contributed by atoms with van der Waals surface area (Å²) in [6.45, 7) is 2.66. The summed E-state index contributed by atoms with van der Waals surface area (Å²) in [7, 11) is 0. The molecule has 0 radical (unpaired) electrons. The molecule has 1 saturated carbocycles. The number of fused-ring (bicyclic) bond motifs is 1. The molecule has 1 aliphatic rings. The molecule has 1 aliphatic carbocycles. The van der Waals surface area contributed by atoms with Crippen LogP contribution in [0.25, 0.3) is 10.9 Å². The van der Waals surface area contributed by atoms with Gasteiger partial charge in [0.25, 0.3) is 0 Å². The van der Waals surface area contributed by atoms with Crippen LogP contribution < -0.4 is 10.6 Å². The quantitative estimate of drug-likeness (QED) is 0.426. The minimum absolute atomic E-state index is 0.0859. The number of anilines is 2. The van der Waals surface area contributed by atoms with Crippen molar-refractivity contribution in [3.8, 4) is 0 Å². The van der Waals surface area contributed by atoms with Crippen LogP contribution in [0.3, 0.4) is 0 Å². The van der Waals surface area contributed by atoms with Crippen molar-refractivity contribution in [3.05, 3.63) is 77.5 Å². The Bertz CT molecular complexity index is 1170. The Morgan fingerprint density at radius 2 is 1.90 bits per heavy atom. The number of nitrogens with one attached hydrogen (secondary N) is 3. The van der Waals surface area contributed by atoms with Crippen molar-refractivity contribution in [1.29, 1.82) is 0 Å². The number of H-pyrrole nitrogens is 1. The molecule has 5 rings (SSSR count). The molecule has 30 heavy (non-hydrogen) atoms. The Labute approximate surface area is 174 Å². The summed E-state index contributed by atoms with van der Waals surface area (Å²) < 4.78 is 13.5. The highest BCUT2D eigenvalue weighted by molar-refractivity contribution is 5.90. The van der Waals surface area contributed by atoms with Crippen LogP contribution in [0.15, 0.2) is 54.6 Å². The molecule has 0 aliphatic heterocycles. The molecule has 2 aromatic carbocycles. The molecule has 2 aromatic heterocycles. The lowest BCUT2D eigenvalue weighted by Crippen LogP contribution is -2.25. The van der Waals surface area contributed by atoms with Gasteiger partial charge in [0.15, 0.2) is 5.82 Å². The van der Waals surface area contributed by atoms with E-state index in [0.717, 1.165) is 22.2 Å². The van der Waals surface area contributed by atoms with Crippen molar-refractivity contribution in [3.63, 3.8) is 0 Å². The van der Waals surface area contributed by atoms with E-state index in [9.17, 15) is 4.39 Å². The van der Waals surface area contributed by atoms with Crippen LogP contribution in [-0.4, -0.2) is 32.8 Å². The predicted octanol–water partition coefficient (Wildman–Crippen LogP) is 4.43. The normalized spacial score (nSPS) is 14.7. The monoisotopic (exact) mass is 402 g/mol. The van der Waals surface area contributed by atoms with Gasteiger partial charge in [-0.2, -0.15) is 5.10 Å². The maximum absolute atomic E-state index is 13.5. The van der Waals surface area contributed by atoms with E-state index in [2.05, 4.69) is 20.8 Å². The molecule has 6 nitrogen and oxygen atoms in total. The summed E-state index contributed by atoms with van der Waals surface area (Å²) in [6, 6.07) is 17.0. The highest BCUT2D eigenvalue weighted by Crippen LogP contribution is 2.29. The fourth-order valence-electron chi connectivity index (χ4n) is 3.57. The van der Waals surface area contributed by atoms with Crippen molar-refractivity contribution < 1.29 is 4.39 Å². The summed E-state index contributed by atoms with van der Waals surface area (Å²) in [6.07, 6.45) is 2.39. The first-order valence-corrected chi connectivity index (χ1v) is 10.2. The average Bonchev–Trinajstić information content (AvgIpc) is 3.49. The Balaban J connectivity index is 1.57. The number of aryl methyl sites for hydroxylation is 1. The minimum Gasteiger partial charge on any atom is -0.323 e. The van der Waals surface area contributed by atoms with Gasteiger partial charge in [-0.3, -0.25) is 5.10 Å². The third kappa shape index (κ3) is 4.02. The first kappa shape index (κ1) is 18.7. The first-order chi connectivity index (χ1) is 14.7. The fraction of sp³-hybridized carbons (Fsp3) is 0.261. The summed E-state index contributed by atoms with van der Waals surface area (Å²) in [5, 5.41) is 15.1. The maximum atomic E-state index is 13.5. The molecule has 0 bridgehead atoms. The molecule has 0 saturated heterocycles. The first-order valence-electron chi connectivity index (χ1n) is 10.2. The Hall–Kier alpha value is -3.32. The zero-order valence-electron chi connectivity index (χ0n) is 16.7. The van der Waals surface area contributed by atoms with Crippen LogP contribution in [0.1, 0.15) is 35.8 Å². The standard InChI is InChI=1S/C23H23FN6/c1-14-12-21(30-29-14)27-22-18-4-2-3-5-20(18)26-23(28-22)19(13-25-17-10-11-17)15-6-8-16(24)9-7-15/h2-9,12,17,19,25H,10-11,13H2,1H3,(H2,26,27,28,29,30). The number of aromatic nitrogens is 4. The van der Waals surface area contributed by atoms with Gasteiger partial charge in [0.2, 0.25) is 0 Å². The van der Waals surface area contributed by atoms with Gasteiger partial charge in [0, 0.05) is 29.7 Å². The minimum atomic E-state index is -0.247. The number of aromatic amines is 1. The second kappa shape index (κ2) is 7.84. The number of benzene rings is 2. The number of para-hydroxylation sites is 1. The molecule has 1 atom stereocenters. The van der Waals surface area contributed by atoms with Gasteiger partial charge in [-0.1, -0.05) is 24.3 Å². The molecule has 7 heteroatoms. The van der Waals surface area contributed by atoms with Crippen molar-refractivity contribution in [2.24, 2.45) is 0 Å². The molecule has 2 heterocycles. The number of hydrogen-bond donors (Lipinski definition) is 3. The van der Waals surface area contributed by atoms with Gasteiger partial charge < -0.3 is 10.6 Å². The highest BCUT2D eigenvalue weighted by Gasteiger charge is 2.25. The SMILES string of the molecule is Cc1cc(Nc2nc(C(CNC3CC3)c3ccc(F)cc3)nc3ccccc23)n[nH]1. The van der Waals surface area contributed by atoms with Gasteiger partial charge in [-0.05, 0) is 49.6 Å². The van der Waals surface area contributed by atoms with E-state index in [4.69, 9.17) is 9.97 Å². The number of rotatable bonds is 7. The second-order valence-corrected chi connectivity index (χ2v) is 7.80. The Kier molecular flexibility index (Phi) is 4.88. The van der Waals surface area contributed by atoms with Crippen molar-refractivity contribution in [1.82, 2.24) is 25.5 Å². The summed E-state index contributed by atoms with van der Waals surface area (Å²) in [5.74, 6) is 1.78. The van der Waals surface area contributed by atoms with Crippen molar-refractivity contribution in [2.75, 3.05) is 11.9 Å². The second-order valence-electron chi connectivity index (χ2n) is 7.80. The topological polar surface area (TPSA) is 78.5 Å². The smallest absolute Gasteiger partial charge is 0.153 e. The number of hydrogen-bond acceptors (Lipinski definition) is 5. The lowest BCUT2D eigenvalue weighted by Gasteiger charge is -2.19. The molecular formula is C23H23FN6. The molecule has 1 fully saturated rings. The molecule has 0 amide bonds. The van der Waals surface area contributed by atoms with E-state index in [1.54, 1.807) is 0 Å². The maximum Gasteiger partial charge on any atom is 0.153 e. The molecule has 0 spiro atoms. The Morgan fingerprint density at radius 3 is 2.63 bits per heavy atom. The summed E-state index contributed by atoms with van der Waals surface area (Å²) in [5.41, 5.74) is 2.81. The van der Waals surface area contributed by atoms with E-state index in [-0.39, 0.29) is 11.7 Å². The summed E-state index contributed by atoms with van der Waals surface area (Å²) in [4.78, 5) is 9.76. The number of halogens is 1. The molecular weight excluding hydrogens is 379 g/mol. The summed E-state index contributed by atoms with van der Waals surface area (Å²) >= 11 is 0. The van der Waals surface area contributed by atoms with Crippen molar-refractivity contribution >= 4 is 22.5 Å². The number of nitrogens with zero attached hydrogens (tertiary/aromatic N) is 3. The third-order valence-electron chi connectivity index (χ3n) is 5.34. The van der Waals surface area contributed by atoms with Gasteiger partial charge in [-0.25, -0.2) is 14.4 Å². The molecule has 152 valence electrons. The lowest BCUT2D eigenvalue weighted by atomic mass is 9.97. The zero-order valence-corrected chi connectivity index (χ0v) is 16.7. The van der Waals surface area contributed by atoms with Gasteiger partial charge in [-0.15, -0.1) is 0 Å². The van der Waals surface area contributed by atoms with Crippen LogP contribution in [0.5, 0.6) is 0 Å². The van der Waals surface area contributed by atoms with Crippen LogP contribution in [0.4, 0.5) is 16.0 Å². The molecule has 4 aromatic rings. The zero-order chi connectivity index (χ0) is 20.5. The van der Waals surface area contributed by atoms with Crippen molar-refractivity contribution in [2.45, 2.75) is 31.7 Å². The van der Waals surface area contributed by atoms with E-state index >= 15 is 0 Å². The predicted molar refractivity (Wildman–Crippen MR) is 115 cm³/mol. The van der Waals surface area contributed by atoms with Crippen LogP contribution in [0, 0.1) is 12.7 Å². The van der Waals surface area contributed by atoms with E-state index in [1.807, 2.05) is 49.4 Å². The van der Waals surface area contributed by atoms with Gasteiger partial charge in [0.1, 0.15) is 17.5 Å². The average molecular weight is 402 g/mol. The third-order valence-corrected chi connectivity index (χ3v) is 5.34. The van der Waals surface area contributed by atoms with E-state index in [0.29, 0.717) is 30.0 Å². The lowest BCUT2D eigenvalue weighted by molar-refractivity contribution is 0.606. The molecule has 3 N–H and O–H groups in total. The highest BCUT2D eigenvalue weighted by atomic mass is 19.1. The van der Waals surface area contributed by atoms with Gasteiger partial charge in [0.05, 0.1) is 11.4 Å².